The van der Waals surface area contributed by atoms with Gasteiger partial charge in [-0.25, -0.2) is 9.78 Å². The molecule has 1 N–H and O–H groups in total. The van der Waals surface area contributed by atoms with E-state index in [0.29, 0.717) is 11.0 Å². The van der Waals surface area contributed by atoms with Gasteiger partial charge in [0.15, 0.2) is 0 Å². The number of piperidine rings is 1. The Bertz CT molecular complexity index is 1030. The second kappa shape index (κ2) is 7.19. The minimum atomic E-state index is -0.311. The molecule has 0 radical (unpaired) electrons. The molecule has 2 aliphatic rings. The van der Waals surface area contributed by atoms with Crippen molar-refractivity contribution in [2.75, 3.05) is 38.2 Å². The zero-order chi connectivity index (χ0) is 19.8. The lowest BCUT2D eigenvalue weighted by Gasteiger charge is -2.48. The molecule has 1 aromatic carbocycles. The van der Waals surface area contributed by atoms with Crippen molar-refractivity contribution >= 4 is 22.7 Å². The highest BCUT2D eigenvalue weighted by atomic mass is 16.5. The van der Waals surface area contributed by atoms with Crippen LogP contribution in [0, 0.1) is 5.41 Å². The van der Waals surface area contributed by atoms with Crippen molar-refractivity contribution in [2.24, 2.45) is 5.41 Å². The zero-order valence-corrected chi connectivity index (χ0v) is 16.7. The Labute approximate surface area is 170 Å². The number of hydrogen-bond acceptors (Lipinski definition) is 5. The lowest BCUT2D eigenvalue weighted by molar-refractivity contribution is 0.0600. The summed E-state index contributed by atoms with van der Waals surface area (Å²) in [6.45, 7) is 5.31. The van der Waals surface area contributed by atoms with Crippen molar-refractivity contribution in [1.82, 2.24) is 14.9 Å². The molecular weight excluding hydrogens is 364 g/mol. The molecule has 2 aromatic heterocycles. The first-order chi connectivity index (χ1) is 14.2. The van der Waals surface area contributed by atoms with Crippen LogP contribution in [0.25, 0.3) is 11.0 Å². The average molecular weight is 390 g/mol. The maximum Gasteiger partial charge on any atom is 0.337 e. The molecule has 2 fully saturated rings. The number of nitrogens with one attached hydrogen (secondary N) is 1. The van der Waals surface area contributed by atoms with Crippen LogP contribution in [0.3, 0.4) is 0 Å². The Morgan fingerprint density at radius 1 is 1.17 bits per heavy atom. The van der Waals surface area contributed by atoms with Crippen LogP contribution in [0.2, 0.25) is 0 Å². The summed E-state index contributed by atoms with van der Waals surface area (Å²) < 4.78 is 6.91. The van der Waals surface area contributed by atoms with Gasteiger partial charge >= 0.3 is 5.97 Å². The fraction of sp³-hybridized carbons (Fsp3) is 0.391. The first-order valence-electron chi connectivity index (χ1n) is 10.2. The molecule has 0 bridgehead atoms. The maximum absolute atomic E-state index is 11.6. The van der Waals surface area contributed by atoms with E-state index in [4.69, 9.17) is 9.72 Å². The van der Waals surface area contributed by atoms with Crippen molar-refractivity contribution in [1.29, 1.82) is 0 Å². The lowest BCUT2D eigenvalue weighted by Crippen LogP contribution is -2.58. The molecule has 0 unspecified atom stereocenters. The van der Waals surface area contributed by atoms with Crippen LogP contribution in [0.1, 0.15) is 28.8 Å². The van der Waals surface area contributed by atoms with Gasteiger partial charge in [0.05, 0.1) is 24.6 Å². The van der Waals surface area contributed by atoms with Crippen molar-refractivity contribution in [2.45, 2.75) is 19.4 Å². The monoisotopic (exact) mass is 390 g/mol. The van der Waals surface area contributed by atoms with Gasteiger partial charge in [0, 0.05) is 44.3 Å². The van der Waals surface area contributed by atoms with Crippen molar-refractivity contribution in [3.63, 3.8) is 0 Å². The second-order valence-corrected chi connectivity index (χ2v) is 8.33. The van der Waals surface area contributed by atoms with Gasteiger partial charge in [-0.1, -0.05) is 12.1 Å². The summed E-state index contributed by atoms with van der Waals surface area (Å²) in [5, 5.41) is 4.59. The molecular formula is C23H26N4O2. The first-order valence-corrected chi connectivity index (χ1v) is 10.2. The summed E-state index contributed by atoms with van der Waals surface area (Å²) in [6, 6.07) is 11.9. The highest BCUT2D eigenvalue weighted by Crippen LogP contribution is 2.36. The lowest BCUT2D eigenvalue weighted by atomic mass is 9.73. The summed E-state index contributed by atoms with van der Waals surface area (Å²) in [4.78, 5) is 18.8. The van der Waals surface area contributed by atoms with Gasteiger partial charge in [-0.2, -0.15) is 0 Å². The van der Waals surface area contributed by atoms with Gasteiger partial charge in [0.25, 0.3) is 0 Å². The number of carbonyl (C=O) groups excluding carboxylic acids is 1. The number of anilines is 1. The first kappa shape index (κ1) is 18.2. The van der Waals surface area contributed by atoms with E-state index in [1.807, 2.05) is 18.3 Å². The minimum Gasteiger partial charge on any atom is -0.465 e. The summed E-state index contributed by atoms with van der Waals surface area (Å²) in [6.07, 6.45) is 6.62. The standard InChI is InChI=1S/C23H26N4O2/c1-29-22(28)18-4-2-17(3-5-18)14-27-9-6-19-12-20(13-25-21(19)27)26-10-7-23(8-11-26)15-24-16-23/h2-6,9,12-13,24H,7-8,10-11,14-16H2,1H3. The van der Waals surface area contributed by atoms with Gasteiger partial charge in [0.1, 0.15) is 5.65 Å². The third-order valence-corrected chi connectivity index (χ3v) is 6.50. The molecule has 150 valence electrons. The van der Waals surface area contributed by atoms with Gasteiger partial charge in [-0.05, 0) is 48.1 Å². The zero-order valence-electron chi connectivity index (χ0n) is 16.7. The number of esters is 1. The van der Waals surface area contributed by atoms with Crippen LogP contribution in [-0.4, -0.2) is 48.8 Å². The Kier molecular flexibility index (Phi) is 4.51. The third kappa shape index (κ3) is 3.38. The summed E-state index contributed by atoms with van der Waals surface area (Å²) >= 11 is 0. The summed E-state index contributed by atoms with van der Waals surface area (Å²) in [5.74, 6) is -0.311. The van der Waals surface area contributed by atoms with E-state index in [1.165, 1.54) is 44.1 Å². The summed E-state index contributed by atoms with van der Waals surface area (Å²) in [5.41, 5.74) is 4.46. The Hall–Kier alpha value is -2.86. The predicted molar refractivity (Wildman–Crippen MR) is 113 cm³/mol. The number of nitrogens with zero attached hydrogens (tertiary/aromatic N) is 3. The molecule has 0 amide bonds. The fourth-order valence-electron chi connectivity index (χ4n) is 4.50. The number of rotatable bonds is 4. The highest BCUT2D eigenvalue weighted by molar-refractivity contribution is 5.89. The smallest absolute Gasteiger partial charge is 0.337 e. The van der Waals surface area contributed by atoms with E-state index in [-0.39, 0.29) is 5.97 Å². The fourth-order valence-corrected chi connectivity index (χ4v) is 4.50. The maximum atomic E-state index is 11.6. The van der Waals surface area contributed by atoms with Gasteiger partial charge in [-0.3, -0.25) is 0 Å². The number of fused-ring (bicyclic) bond motifs is 1. The number of hydrogen-bond donors (Lipinski definition) is 1. The SMILES string of the molecule is COC(=O)c1ccc(Cn2ccc3cc(N4CCC5(CC4)CNC5)cnc32)cc1. The third-order valence-electron chi connectivity index (χ3n) is 6.50. The van der Waals surface area contributed by atoms with Crippen LogP contribution in [0.15, 0.2) is 48.8 Å². The molecule has 5 rings (SSSR count). The average Bonchev–Trinajstić information content (AvgIpc) is 3.14. The van der Waals surface area contributed by atoms with E-state index in [0.717, 1.165) is 30.8 Å². The van der Waals surface area contributed by atoms with Gasteiger partial charge in [0.2, 0.25) is 0 Å². The molecule has 1 spiro atoms. The number of methoxy groups -OCH3 is 1. The Morgan fingerprint density at radius 2 is 1.93 bits per heavy atom. The Morgan fingerprint density at radius 3 is 2.59 bits per heavy atom. The second-order valence-electron chi connectivity index (χ2n) is 8.33. The molecule has 4 heterocycles. The van der Waals surface area contributed by atoms with Crippen molar-refractivity contribution < 1.29 is 9.53 Å². The largest absolute Gasteiger partial charge is 0.465 e. The molecule has 29 heavy (non-hydrogen) atoms. The van der Waals surface area contributed by atoms with E-state index < -0.39 is 0 Å². The molecule has 0 aliphatic carbocycles. The number of pyridine rings is 1. The predicted octanol–water partition coefficient (Wildman–Crippen LogP) is 3.06. The molecule has 2 aliphatic heterocycles. The molecule has 6 nitrogen and oxygen atoms in total. The topological polar surface area (TPSA) is 59.4 Å². The molecule has 6 heteroatoms. The van der Waals surface area contributed by atoms with Crippen molar-refractivity contribution in [3.8, 4) is 0 Å². The van der Waals surface area contributed by atoms with E-state index in [1.54, 1.807) is 12.1 Å². The van der Waals surface area contributed by atoms with Crippen molar-refractivity contribution in [3.05, 3.63) is 59.9 Å². The highest BCUT2D eigenvalue weighted by Gasteiger charge is 2.39. The molecule has 2 saturated heterocycles. The van der Waals surface area contributed by atoms with Crippen LogP contribution >= 0.6 is 0 Å². The number of benzene rings is 1. The van der Waals surface area contributed by atoms with E-state index in [9.17, 15) is 4.79 Å². The Balaban J connectivity index is 1.31. The molecule has 0 atom stereocenters. The van der Waals surface area contributed by atoms with Crippen LogP contribution in [0.4, 0.5) is 5.69 Å². The normalized spacial score (nSPS) is 18.0. The number of ether oxygens (including phenoxy) is 1. The van der Waals surface area contributed by atoms with Gasteiger partial charge < -0.3 is 19.5 Å². The molecule has 0 saturated carbocycles. The summed E-state index contributed by atoms with van der Waals surface area (Å²) in [7, 11) is 1.40. The number of aromatic nitrogens is 2. The van der Waals surface area contributed by atoms with E-state index in [2.05, 4.69) is 33.1 Å². The van der Waals surface area contributed by atoms with Crippen LogP contribution in [-0.2, 0) is 11.3 Å². The quantitative estimate of drug-likeness (QED) is 0.694. The minimum absolute atomic E-state index is 0.311. The van der Waals surface area contributed by atoms with Gasteiger partial charge in [-0.15, -0.1) is 0 Å². The van der Waals surface area contributed by atoms with Crippen LogP contribution < -0.4 is 10.2 Å². The molecule has 3 aromatic rings. The van der Waals surface area contributed by atoms with Crippen LogP contribution in [0.5, 0.6) is 0 Å². The van der Waals surface area contributed by atoms with E-state index >= 15 is 0 Å². The number of carbonyl (C=O) groups is 1.